The average molecular weight is 353 g/mol. The molecule has 23 heavy (non-hydrogen) atoms. The van der Waals surface area contributed by atoms with E-state index in [2.05, 4.69) is 15.1 Å². The fraction of sp³-hybridized carbons (Fsp3) is 0.375. The summed E-state index contributed by atoms with van der Waals surface area (Å²) >= 11 is 12.0. The first-order valence-corrected chi connectivity index (χ1v) is 8.31. The Kier molecular flexibility index (Phi) is 4.90. The van der Waals surface area contributed by atoms with Crippen molar-refractivity contribution in [3.8, 4) is 17.0 Å². The first-order valence-electron chi connectivity index (χ1n) is 7.55. The average Bonchev–Trinajstić information content (AvgIpc) is 2.54. The lowest BCUT2D eigenvalue weighted by molar-refractivity contribution is 0.421. The van der Waals surface area contributed by atoms with E-state index in [-0.39, 0.29) is 5.75 Å². The van der Waals surface area contributed by atoms with E-state index in [4.69, 9.17) is 28.9 Å². The maximum atomic E-state index is 10.0. The predicted molar refractivity (Wildman–Crippen MR) is 93.1 cm³/mol. The lowest BCUT2D eigenvalue weighted by Gasteiger charge is -2.32. The fourth-order valence-corrected chi connectivity index (χ4v) is 3.49. The van der Waals surface area contributed by atoms with Crippen molar-refractivity contribution in [2.45, 2.75) is 12.8 Å². The van der Waals surface area contributed by atoms with E-state index in [9.17, 15) is 5.11 Å². The molecule has 0 spiro atoms. The number of aromatic nitrogens is 2. The smallest absolute Gasteiger partial charge is 0.151 e. The van der Waals surface area contributed by atoms with Crippen molar-refractivity contribution in [1.82, 2.24) is 10.2 Å². The number of anilines is 1. The van der Waals surface area contributed by atoms with Gasteiger partial charge in [-0.2, -0.15) is 0 Å². The molecule has 7 heteroatoms. The van der Waals surface area contributed by atoms with E-state index in [1.165, 1.54) is 6.07 Å². The molecule has 3 rings (SSSR count). The van der Waals surface area contributed by atoms with Gasteiger partial charge in [0.1, 0.15) is 5.75 Å². The molecule has 1 aromatic heterocycles. The minimum Gasteiger partial charge on any atom is -0.507 e. The van der Waals surface area contributed by atoms with Crippen molar-refractivity contribution in [3.05, 3.63) is 34.3 Å². The minimum absolute atomic E-state index is 0.00859. The van der Waals surface area contributed by atoms with Crippen LogP contribution in [0.3, 0.4) is 0 Å². The third kappa shape index (κ3) is 3.52. The van der Waals surface area contributed by atoms with Crippen LogP contribution < -0.4 is 10.6 Å². The summed E-state index contributed by atoms with van der Waals surface area (Å²) in [5.74, 6) is 1.31. The van der Waals surface area contributed by atoms with E-state index in [0.717, 1.165) is 31.7 Å². The molecule has 0 saturated carbocycles. The summed E-state index contributed by atoms with van der Waals surface area (Å²) in [6.45, 7) is 2.55. The summed E-state index contributed by atoms with van der Waals surface area (Å²) in [6, 6.07) is 6.72. The predicted octanol–water partition coefficient (Wildman–Crippen LogP) is 3.33. The van der Waals surface area contributed by atoms with Crippen molar-refractivity contribution in [3.63, 3.8) is 0 Å². The molecule has 0 unspecified atom stereocenters. The van der Waals surface area contributed by atoms with E-state index < -0.39 is 0 Å². The zero-order valence-corrected chi connectivity index (χ0v) is 14.1. The van der Waals surface area contributed by atoms with Crippen molar-refractivity contribution in [2.24, 2.45) is 11.7 Å². The second-order valence-electron chi connectivity index (χ2n) is 5.75. The van der Waals surface area contributed by atoms with Crippen molar-refractivity contribution in [1.29, 1.82) is 0 Å². The van der Waals surface area contributed by atoms with Gasteiger partial charge in [0.2, 0.25) is 0 Å². The van der Waals surface area contributed by atoms with Gasteiger partial charge in [-0.3, -0.25) is 0 Å². The van der Waals surface area contributed by atoms with Crippen LogP contribution >= 0.6 is 23.2 Å². The van der Waals surface area contributed by atoms with Gasteiger partial charge in [-0.1, -0.05) is 23.2 Å². The number of piperidine rings is 1. The Morgan fingerprint density at radius 1 is 1.26 bits per heavy atom. The number of nitrogens with two attached hydrogens (primary N) is 1. The SMILES string of the molecule is NC[C@H]1CCCN(c2ccc(-c3c(O)cc(Cl)cc3Cl)nn2)C1. The first kappa shape index (κ1) is 16.3. The van der Waals surface area contributed by atoms with Crippen LogP contribution in [0.25, 0.3) is 11.3 Å². The van der Waals surface area contributed by atoms with Gasteiger partial charge >= 0.3 is 0 Å². The summed E-state index contributed by atoms with van der Waals surface area (Å²) in [7, 11) is 0. The Bertz CT molecular complexity index is 670. The molecule has 0 amide bonds. The van der Waals surface area contributed by atoms with Crippen molar-refractivity contribution in [2.75, 3.05) is 24.5 Å². The molecule has 1 aromatic carbocycles. The highest BCUT2D eigenvalue weighted by Gasteiger charge is 2.20. The monoisotopic (exact) mass is 352 g/mol. The number of benzene rings is 1. The number of hydrogen-bond acceptors (Lipinski definition) is 5. The van der Waals surface area contributed by atoms with Crippen LogP contribution in [0.4, 0.5) is 5.82 Å². The number of phenols is 1. The molecule has 1 aliphatic heterocycles. The van der Waals surface area contributed by atoms with Crippen LogP contribution in [-0.4, -0.2) is 34.9 Å². The van der Waals surface area contributed by atoms with E-state index in [1.807, 2.05) is 12.1 Å². The molecule has 0 bridgehead atoms. The Hall–Kier alpha value is -1.56. The number of nitrogens with zero attached hydrogens (tertiary/aromatic N) is 3. The van der Waals surface area contributed by atoms with Crippen LogP contribution in [-0.2, 0) is 0 Å². The summed E-state index contributed by atoms with van der Waals surface area (Å²) in [4.78, 5) is 2.20. The van der Waals surface area contributed by atoms with Gasteiger partial charge in [-0.05, 0) is 49.6 Å². The van der Waals surface area contributed by atoms with Crippen LogP contribution in [0.1, 0.15) is 12.8 Å². The molecule has 2 heterocycles. The molecule has 1 fully saturated rings. The molecule has 0 aliphatic carbocycles. The zero-order valence-electron chi connectivity index (χ0n) is 12.5. The molecule has 2 aromatic rings. The normalized spacial score (nSPS) is 18.2. The number of aromatic hydroxyl groups is 1. The molecule has 122 valence electrons. The molecule has 1 saturated heterocycles. The van der Waals surface area contributed by atoms with Crippen LogP contribution in [0.5, 0.6) is 5.75 Å². The fourth-order valence-electron chi connectivity index (χ4n) is 2.91. The van der Waals surface area contributed by atoms with Gasteiger partial charge in [-0.25, -0.2) is 0 Å². The molecule has 1 aliphatic rings. The summed E-state index contributed by atoms with van der Waals surface area (Å²) in [5, 5.41) is 19.3. The van der Waals surface area contributed by atoms with E-state index in [0.29, 0.717) is 33.8 Å². The Morgan fingerprint density at radius 2 is 2.09 bits per heavy atom. The van der Waals surface area contributed by atoms with Crippen molar-refractivity contribution >= 4 is 29.0 Å². The third-order valence-corrected chi connectivity index (χ3v) is 4.63. The lowest BCUT2D eigenvalue weighted by atomic mass is 9.98. The van der Waals surface area contributed by atoms with Crippen molar-refractivity contribution < 1.29 is 5.11 Å². The van der Waals surface area contributed by atoms with Gasteiger partial charge < -0.3 is 15.7 Å². The van der Waals surface area contributed by atoms with Gasteiger partial charge in [-0.15, -0.1) is 10.2 Å². The van der Waals surface area contributed by atoms with E-state index >= 15 is 0 Å². The number of rotatable bonds is 3. The van der Waals surface area contributed by atoms with Gasteiger partial charge in [0.05, 0.1) is 16.3 Å². The Labute approximate surface area is 145 Å². The van der Waals surface area contributed by atoms with Crippen LogP contribution in [0.2, 0.25) is 10.0 Å². The van der Waals surface area contributed by atoms with Crippen LogP contribution in [0, 0.1) is 5.92 Å². The lowest BCUT2D eigenvalue weighted by Crippen LogP contribution is -2.38. The van der Waals surface area contributed by atoms with Gasteiger partial charge in [0.25, 0.3) is 0 Å². The van der Waals surface area contributed by atoms with E-state index in [1.54, 1.807) is 6.07 Å². The minimum atomic E-state index is -0.00859. The molecular weight excluding hydrogens is 335 g/mol. The summed E-state index contributed by atoms with van der Waals surface area (Å²) < 4.78 is 0. The highest BCUT2D eigenvalue weighted by atomic mass is 35.5. The number of halogens is 2. The quantitative estimate of drug-likeness (QED) is 0.885. The highest BCUT2D eigenvalue weighted by molar-refractivity contribution is 6.36. The number of phenolic OH excluding ortho intramolecular Hbond substituents is 1. The van der Waals surface area contributed by atoms with Gasteiger partial charge in [0, 0.05) is 18.1 Å². The number of hydrogen-bond donors (Lipinski definition) is 2. The maximum absolute atomic E-state index is 10.0. The second-order valence-corrected chi connectivity index (χ2v) is 6.59. The molecule has 1 atom stereocenters. The van der Waals surface area contributed by atoms with Crippen LogP contribution in [0.15, 0.2) is 24.3 Å². The topological polar surface area (TPSA) is 75.3 Å². The Balaban J connectivity index is 1.85. The molecule has 0 radical (unpaired) electrons. The zero-order chi connectivity index (χ0) is 16.4. The largest absolute Gasteiger partial charge is 0.507 e. The molecule has 3 N–H and O–H groups in total. The molecule has 5 nitrogen and oxygen atoms in total. The highest BCUT2D eigenvalue weighted by Crippen LogP contribution is 2.37. The second kappa shape index (κ2) is 6.91. The van der Waals surface area contributed by atoms with Gasteiger partial charge in [0.15, 0.2) is 5.82 Å². The molecular formula is C16H18Cl2N4O. The third-order valence-electron chi connectivity index (χ3n) is 4.12. The summed E-state index contributed by atoms with van der Waals surface area (Å²) in [5.41, 5.74) is 6.73. The first-order chi connectivity index (χ1) is 11.1. The maximum Gasteiger partial charge on any atom is 0.151 e. The summed E-state index contributed by atoms with van der Waals surface area (Å²) in [6.07, 6.45) is 2.27. The standard InChI is InChI=1S/C16H18Cl2N4O/c17-11-6-12(18)16(14(23)7-11)13-3-4-15(21-20-13)22-5-1-2-10(8-19)9-22/h3-4,6-7,10,23H,1-2,5,8-9,19H2/t10-/m1/s1. The Morgan fingerprint density at radius 3 is 2.74 bits per heavy atom.